The third-order valence-electron chi connectivity index (χ3n) is 0.961. The highest BCUT2D eigenvalue weighted by Gasteiger charge is 1.71. The molecule has 0 atom stereocenters. The van der Waals surface area contributed by atoms with Gasteiger partial charge in [-0.05, 0) is 31.6 Å². The van der Waals surface area contributed by atoms with Gasteiger partial charge >= 0.3 is 0 Å². The smallest absolute Gasteiger partial charge is 0.115 e. The molecule has 0 fully saturated rings. The van der Waals surface area contributed by atoms with Crippen LogP contribution in [0.4, 0.5) is 4.39 Å². The summed E-state index contributed by atoms with van der Waals surface area (Å²) < 4.78 is 11.4. The van der Waals surface area contributed by atoms with Gasteiger partial charge in [0.1, 0.15) is 6.67 Å². The summed E-state index contributed by atoms with van der Waals surface area (Å²) in [5, 5.41) is 0. The first-order chi connectivity index (χ1) is 4.31. The fourth-order valence-corrected chi connectivity index (χ4v) is 0.318. The van der Waals surface area contributed by atoms with Crippen LogP contribution in [-0.2, 0) is 0 Å². The molecule has 9 heavy (non-hydrogen) atoms. The molecule has 0 amide bonds. The van der Waals surface area contributed by atoms with Gasteiger partial charge in [-0.25, -0.2) is 4.39 Å². The van der Waals surface area contributed by atoms with Crippen LogP contribution in [0.15, 0.2) is 29.5 Å². The van der Waals surface area contributed by atoms with Crippen LogP contribution in [0.5, 0.6) is 0 Å². The van der Waals surface area contributed by atoms with Gasteiger partial charge < -0.3 is 0 Å². The maximum Gasteiger partial charge on any atom is 0.115 e. The predicted molar refractivity (Wildman–Crippen MR) is 38.1 cm³/mol. The Balaban J connectivity index is 3.84. The van der Waals surface area contributed by atoms with Gasteiger partial charge in [0, 0.05) is 0 Å². The van der Waals surface area contributed by atoms with Crippen LogP contribution >= 0.6 is 0 Å². The second-order valence-electron chi connectivity index (χ2n) is 1.70. The minimum atomic E-state index is -0.437. The van der Waals surface area contributed by atoms with E-state index in [2.05, 4.69) is 5.73 Å². The van der Waals surface area contributed by atoms with Gasteiger partial charge in [0.2, 0.25) is 0 Å². The summed E-state index contributed by atoms with van der Waals surface area (Å²) in [5.41, 5.74) is 3.79. The summed E-state index contributed by atoms with van der Waals surface area (Å²) >= 11 is 0. The van der Waals surface area contributed by atoms with E-state index < -0.39 is 6.67 Å². The van der Waals surface area contributed by atoms with Gasteiger partial charge in [-0.1, -0.05) is 6.08 Å². The molecule has 0 aliphatic carbocycles. The maximum atomic E-state index is 11.4. The van der Waals surface area contributed by atoms with E-state index in [9.17, 15) is 4.39 Å². The molecule has 0 aromatic rings. The lowest BCUT2D eigenvalue weighted by Gasteiger charge is -1.79. The van der Waals surface area contributed by atoms with Crippen LogP contribution in [0.3, 0.4) is 0 Å². The molecule has 0 N–H and O–H groups in total. The van der Waals surface area contributed by atoms with Crippen molar-refractivity contribution in [2.24, 2.45) is 0 Å². The zero-order valence-corrected chi connectivity index (χ0v) is 5.82. The summed E-state index contributed by atoms with van der Waals surface area (Å²) in [5.74, 6) is 0. The van der Waals surface area contributed by atoms with Crippen molar-refractivity contribution in [3.63, 3.8) is 0 Å². The first-order valence-corrected chi connectivity index (χ1v) is 2.91. The quantitative estimate of drug-likeness (QED) is 0.394. The van der Waals surface area contributed by atoms with Crippen molar-refractivity contribution in [2.45, 2.75) is 13.8 Å². The Kier molecular flexibility index (Phi) is 4.85. The van der Waals surface area contributed by atoms with Crippen molar-refractivity contribution >= 4 is 0 Å². The number of rotatable bonds is 2. The molecule has 0 saturated heterocycles. The number of alkyl halides is 1. The van der Waals surface area contributed by atoms with Crippen LogP contribution in [0.25, 0.3) is 0 Å². The third-order valence-corrected chi connectivity index (χ3v) is 0.961. The maximum absolute atomic E-state index is 11.4. The lowest BCUT2D eigenvalue weighted by molar-refractivity contribution is 0.562. The first-order valence-electron chi connectivity index (χ1n) is 2.91. The molecule has 0 aromatic carbocycles. The SMILES string of the molecule is C/C=C(/C)C=C=CCF. The van der Waals surface area contributed by atoms with E-state index in [1.54, 1.807) is 6.08 Å². The Morgan fingerprint density at radius 1 is 1.67 bits per heavy atom. The lowest BCUT2D eigenvalue weighted by atomic mass is 10.3. The highest BCUT2D eigenvalue weighted by molar-refractivity contribution is 5.14. The van der Waals surface area contributed by atoms with Crippen molar-refractivity contribution in [3.05, 3.63) is 29.5 Å². The molecule has 0 aliphatic heterocycles. The number of halogens is 1. The average molecular weight is 126 g/mol. The molecule has 0 unspecified atom stereocenters. The van der Waals surface area contributed by atoms with Gasteiger partial charge in [0.25, 0.3) is 0 Å². The number of hydrogen-bond donors (Lipinski definition) is 0. The zero-order chi connectivity index (χ0) is 7.11. The molecule has 50 valence electrons. The molecule has 1 heteroatoms. The highest BCUT2D eigenvalue weighted by Crippen LogP contribution is 1.90. The van der Waals surface area contributed by atoms with E-state index >= 15 is 0 Å². The molecule has 0 radical (unpaired) electrons. The van der Waals surface area contributed by atoms with Crippen molar-refractivity contribution in [1.29, 1.82) is 0 Å². The minimum Gasteiger partial charge on any atom is -0.246 e. The van der Waals surface area contributed by atoms with E-state index in [0.717, 1.165) is 5.57 Å². The van der Waals surface area contributed by atoms with Gasteiger partial charge in [-0.3, -0.25) is 0 Å². The predicted octanol–water partition coefficient (Wildman–Crippen LogP) is 2.63. The second kappa shape index (κ2) is 5.33. The van der Waals surface area contributed by atoms with Crippen molar-refractivity contribution < 1.29 is 4.39 Å². The van der Waals surface area contributed by atoms with Crippen LogP contribution < -0.4 is 0 Å². The van der Waals surface area contributed by atoms with E-state index in [1.807, 2.05) is 19.9 Å². The van der Waals surface area contributed by atoms with Crippen LogP contribution in [0.1, 0.15) is 13.8 Å². The molecule has 0 rings (SSSR count). The lowest BCUT2D eigenvalue weighted by Crippen LogP contribution is -1.61. The number of hydrogen-bond acceptors (Lipinski definition) is 0. The molecular weight excluding hydrogens is 115 g/mol. The molecule has 0 nitrogen and oxygen atoms in total. The average Bonchev–Trinajstić information content (AvgIpc) is 1.89. The summed E-state index contributed by atoms with van der Waals surface area (Å²) in [4.78, 5) is 0. The Morgan fingerprint density at radius 3 is 2.78 bits per heavy atom. The van der Waals surface area contributed by atoms with Gasteiger partial charge in [-0.15, -0.1) is 5.73 Å². The number of allylic oxidation sites excluding steroid dienone is 3. The summed E-state index contributed by atoms with van der Waals surface area (Å²) in [6, 6.07) is 0. The molecule has 0 bridgehead atoms. The standard InChI is InChI=1S/C8H11F/c1-3-8(2)6-4-5-7-9/h3,5-6H,7H2,1-2H3/b8-3-. The molecule has 0 saturated carbocycles. The third kappa shape index (κ3) is 5.05. The molecule has 0 heterocycles. The Morgan fingerprint density at radius 2 is 2.33 bits per heavy atom. The van der Waals surface area contributed by atoms with E-state index in [0.29, 0.717) is 0 Å². The Hall–Kier alpha value is -0.810. The second-order valence-corrected chi connectivity index (χ2v) is 1.70. The Bertz CT molecular complexity index is 148. The van der Waals surface area contributed by atoms with Crippen molar-refractivity contribution in [1.82, 2.24) is 0 Å². The normalized spacial score (nSPS) is 10.3. The summed E-state index contributed by atoms with van der Waals surface area (Å²) in [6.07, 6.45) is 5.05. The van der Waals surface area contributed by atoms with Crippen LogP contribution in [-0.4, -0.2) is 6.67 Å². The summed E-state index contributed by atoms with van der Waals surface area (Å²) in [7, 11) is 0. The minimum absolute atomic E-state index is 0.437. The first kappa shape index (κ1) is 8.19. The van der Waals surface area contributed by atoms with E-state index in [-0.39, 0.29) is 0 Å². The van der Waals surface area contributed by atoms with Gasteiger partial charge in [0.05, 0.1) is 0 Å². The van der Waals surface area contributed by atoms with Crippen LogP contribution in [0, 0.1) is 0 Å². The van der Waals surface area contributed by atoms with Crippen molar-refractivity contribution in [3.8, 4) is 0 Å². The fourth-order valence-electron chi connectivity index (χ4n) is 0.318. The fraction of sp³-hybridized carbons (Fsp3) is 0.375. The Labute approximate surface area is 55.4 Å². The molecule has 0 aliphatic rings. The molecular formula is C8H11F. The zero-order valence-electron chi connectivity index (χ0n) is 5.82. The monoisotopic (exact) mass is 126 g/mol. The van der Waals surface area contributed by atoms with Crippen molar-refractivity contribution in [2.75, 3.05) is 6.67 Å². The van der Waals surface area contributed by atoms with E-state index in [1.165, 1.54) is 6.08 Å². The van der Waals surface area contributed by atoms with E-state index in [4.69, 9.17) is 0 Å². The molecule has 0 spiro atoms. The van der Waals surface area contributed by atoms with Gasteiger partial charge in [0.15, 0.2) is 0 Å². The molecule has 0 aromatic heterocycles. The highest BCUT2D eigenvalue weighted by atomic mass is 19.1. The van der Waals surface area contributed by atoms with Gasteiger partial charge in [-0.2, -0.15) is 0 Å². The van der Waals surface area contributed by atoms with Crippen LogP contribution in [0.2, 0.25) is 0 Å². The largest absolute Gasteiger partial charge is 0.246 e. The summed E-state index contributed by atoms with van der Waals surface area (Å²) in [6.45, 7) is 3.44. The topological polar surface area (TPSA) is 0 Å².